The Hall–Kier alpha value is -0.840. The molecule has 0 aliphatic rings. The highest BCUT2D eigenvalue weighted by atomic mass is 19.1. The van der Waals surface area contributed by atoms with Gasteiger partial charge >= 0.3 is 0 Å². The van der Waals surface area contributed by atoms with Crippen LogP contribution in [-0.2, 0) is 0 Å². The van der Waals surface area contributed by atoms with Crippen LogP contribution in [0.3, 0.4) is 0 Å². The summed E-state index contributed by atoms with van der Waals surface area (Å²) in [6, 6.07) is 1.90. The maximum Gasteiger partial charge on any atom is 0.113 e. The van der Waals surface area contributed by atoms with Crippen molar-refractivity contribution in [1.82, 2.24) is 0 Å². The van der Waals surface area contributed by atoms with Crippen LogP contribution in [0.2, 0.25) is 0 Å². The van der Waals surface area contributed by atoms with E-state index in [-0.39, 0.29) is 5.92 Å². The largest absolute Gasteiger partial charge is 0.211 e. The zero-order chi connectivity index (χ0) is 8.36. The summed E-state index contributed by atoms with van der Waals surface area (Å²) in [7, 11) is 0. The molecular weight excluding hydrogens is 129 g/mol. The molecule has 0 radical (unpaired) electrons. The van der Waals surface area contributed by atoms with Crippen LogP contribution >= 0.6 is 0 Å². The molecule has 1 nitrogen and oxygen atoms in total. The standard InChI is InChI=1S/C8H12FN/c1-6(2)8(4,5-10)7(3)9/h6H,3H2,1-2,4H3. The lowest BCUT2D eigenvalue weighted by atomic mass is 9.80. The fourth-order valence-corrected chi connectivity index (χ4v) is 0.503. The van der Waals surface area contributed by atoms with Gasteiger partial charge in [0.15, 0.2) is 0 Å². The van der Waals surface area contributed by atoms with Crippen molar-refractivity contribution in [3.63, 3.8) is 0 Å². The lowest BCUT2D eigenvalue weighted by Gasteiger charge is -2.22. The molecule has 0 aromatic carbocycles. The Morgan fingerprint density at radius 1 is 1.70 bits per heavy atom. The Labute approximate surface area is 61.2 Å². The minimum absolute atomic E-state index is 0.0324. The molecule has 1 atom stereocenters. The van der Waals surface area contributed by atoms with E-state index in [1.807, 2.05) is 6.07 Å². The van der Waals surface area contributed by atoms with Gasteiger partial charge in [-0.25, -0.2) is 4.39 Å². The Balaban J connectivity index is 4.60. The first kappa shape index (κ1) is 9.16. The van der Waals surface area contributed by atoms with Crippen molar-refractivity contribution in [3.8, 4) is 6.07 Å². The highest BCUT2D eigenvalue weighted by Crippen LogP contribution is 2.33. The lowest BCUT2D eigenvalue weighted by Crippen LogP contribution is -2.21. The summed E-state index contributed by atoms with van der Waals surface area (Å²) in [5, 5.41) is 8.58. The number of nitriles is 1. The van der Waals surface area contributed by atoms with Gasteiger partial charge in [-0.1, -0.05) is 20.4 Å². The predicted octanol–water partition coefficient (Wildman–Crippen LogP) is 2.66. The van der Waals surface area contributed by atoms with Crippen LogP contribution in [0, 0.1) is 22.7 Å². The zero-order valence-corrected chi connectivity index (χ0v) is 6.61. The van der Waals surface area contributed by atoms with Gasteiger partial charge in [-0.2, -0.15) is 5.26 Å². The fourth-order valence-electron chi connectivity index (χ4n) is 0.503. The maximum absolute atomic E-state index is 12.6. The third-order valence-electron chi connectivity index (χ3n) is 1.95. The molecule has 0 bridgehead atoms. The number of hydrogen-bond acceptors (Lipinski definition) is 1. The van der Waals surface area contributed by atoms with Gasteiger partial charge in [0.05, 0.1) is 6.07 Å². The van der Waals surface area contributed by atoms with Crippen molar-refractivity contribution in [2.75, 3.05) is 0 Å². The van der Waals surface area contributed by atoms with Crippen LogP contribution < -0.4 is 0 Å². The average molecular weight is 141 g/mol. The Kier molecular flexibility index (Phi) is 2.59. The average Bonchev–Trinajstić information content (AvgIpc) is 1.85. The number of allylic oxidation sites excluding steroid dienone is 1. The SMILES string of the molecule is C=C(F)C(C)(C#N)C(C)C. The summed E-state index contributed by atoms with van der Waals surface area (Å²) in [6.07, 6.45) is 0. The molecule has 0 saturated carbocycles. The van der Waals surface area contributed by atoms with Gasteiger partial charge in [0.1, 0.15) is 11.2 Å². The second kappa shape index (κ2) is 2.83. The van der Waals surface area contributed by atoms with E-state index in [0.29, 0.717) is 0 Å². The number of hydrogen-bond donors (Lipinski definition) is 0. The molecule has 0 spiro atoms. The summed E-state index contributed by atoms with van der Waals surface area (Å²) in [5.74, 6) is -0.583. The fraction of sp³-hybridized carbons (Fsp3) is 0.625. The number of rotatable bonds is 2. The van der Waals surface area contributed by atoms with Crippen LogP contribution in [0.1, 0.15) is 20.8 Å². The predicted molar refractivity (Wildman–Crippen MR) is 38.8 cm³/mol. The van der Waals surface area contributed by atoms with E-state index < -0.39 is 11.2 Å². The van der Waals surface area contributed by atoms with Crippen LogP contribution in [0.4, 0.5) is 4.39 Å². The van der Waals surface area contributed by atoms with Crippen molar-refractivity contribution in [2.45, 2.75) is 20.8 Å². The molecule has 2 heteroatoms. The molecule has 0 aliphatic heterocycles. The van der Waals surface area contributed by atoms with Gasteiger partial charge < -0.3 is 0 Å². The molecule has 0 aromatic heterocycles. The molecule has 0 aromatic rings. The molecule has 0 amide bonds. The van der Waals surface area contributed by atoms with Gasteiger partial charge in [0.25, 0.3) is 0 Å². The number of nitrogens with zero attached hydrogens (tertiary/aromatic N) is 1. The van der Waals surface area contributed by atoms with E-state index in [1.165, 1.54) is 0 Å². The highest BCUT2D eigenvalue weighted by molar-refractivity contribution is 5.14. The van der Waals surface area contributed by atoms with Crippen molar-refractivity contribution in [3.05, 3.63) is 12.4 Å². The zero-order valence-electron chi connectivity index (χ0n) is 6.61. The quantitative estimate of drug-likeness (QED) is 0.580. The summed E-state index contributed by atoms with van der Waals surface area (Å²) in [5.41, 5.74) is -1.01. The van der Waals surface area contributed by atoms with E-state index in [0.717, 1.165) is 0 Å². The van der Waals surface area contributed by atoms with Gasteiger partial charge in [-0.05, 0) is 12.8 Å². The third kappa shape index (κ3) is 1.36. The molecule has 10 heavy (non-hydrogen) atoms. The first-order chi connectivity index (χ1) is 4.45. The molecule has 0 N–H and O–H groups in total. The summed E-state index contributed by atoms with van der Waals surface area (Å²) < 4.78 is 12.6. The Morgan fingerprint density at radius 3 is 2.10 bits per heavy atom. The molecule has 0 fully saturated rings. The molecular formula is C8H12FN. The monoisotopic (exact) mass is 141 g/mol. The van der Waals surface area contributed by atoms with Crippen molar-refractivity contribution in [1.29, 1.82) is 5.26 Å². The Bertz CT molecular complexity index is 178. The minimum atomic E-state index is -1.01. The van der Waals surface area contributed by atoms with Crippen molar-refractivity contribution >= 4 is 0 Å². The first-order valence-electron chi connectivity index (χ1n) is 3.21. The summed E-state index contributed by atoms with van der Waals surface area (Å²) in [4.78, 5) is 0. The normalized spacial score (nSPS) is 16.0. The maximum atomic E-state index is 12.6. The minimum Gasteiger partial charge on any atom is -0.211 e. The number of halogens is 1. The van der Waals surface area contributed by atoms with Crippen LogP contribution in [0.25, 0.3) is 0 Å². The second-order valence-electron chi connectivity index (χ2n) is 2.87. The van der Waals surface area contributed by atoms with Crippen LogP contribution in [-0.4, -0.2) is 0 Å². The lowest BCUT2D eigenvalue weighted by molar-refractivity contribution is 0.306. The molecule has 1 unspecified atom stereocenters. The molecule has 0 aliphatic carbocycles. The smallest absolute Gasteiger partial charge is 0.113 e. The first-order valence-corrected chi connectivity index (χ1v) is 3.21. The van der Waals surface area contributed by atoms with Crippen molar-refractivity contribution in [2.24, 2.45) is 11.3 Å². The molecule has 0 saturated heterocycles. The third-order valence-corrected chi connectivity index (χ3v) is 1.95. The van der Waals surface area contributed by atoms with Gasteiger partial charge in [-0.15, -0.1) is 0 Å². The van der Waals surface area contributed by atoms with E-state index >= 15 is 0 Å². The van der Waals surface area contributed by atoms with Crippen LogP contribution in [0.5, 0.6) is 0 Å². The molecule has 56 valence electrons. The topological polar surface area (TPSA) is 23.8 Å². The highest BCUT2D eigenvalue weighted by Gasteiger charge is 2.31. The van der Waals surface area contributed by atoms with Gasteiger partial charge in [-0.3, -0.25) is 0 Å². The summed E-state index contributed by atoms with van der Waals surface area (Å²) >= 11 is 0. The molecule has 0 rings (SSSR count). The van der Waals surface area contributed by atoms with Crippen LogP contribution in [0.15, 0.2) is 12.4 Å². The van der Waals surface area contributed by atoms with Crippen molar-refractivity contribution < 1.29 is 4.39 Å². The van der Waals surface area contributed by atoms with E-state index in [1.54, 1.807) is 20.8 Å². The van der Waals surface area contributed by atoms with Gasteiger partial charge in [0, 0.05) is 0 Å². The van der Waals surface area contributed by atoms with E-state index in [4.69, 9.17) is 5.26 Å². The van der Waals surface area contributed by atoms with Gasteiger partial charge in [0.2, 0.25) is 0 Å². The Morgan fingerprint density at radius 2 is 2.10 bits per heavy atom. The van der Waals surface area contributed by atoms with E-state index in [9.17, 15) is 4.39 Å². The second-order valence-corrected chi connectivity index (χ2v) is 2.87. The molecule has 0 heterocycles. The van der Waals surface area contributed by atoms with E-state index in [2.05, 4.69) is 6.58 Å². The summed E-state index contributed by atoms with van der Waals surface area (Å²) in [6.45, 7) is 8.28.